The van der Waals surface area contributed by atoms with Gasteiger partial charge in [-0.15, -0.1) is 0 Å². The fraction of sp³-hybridized carbons (Fsp3) is 0.357. The van der Waals surface area contributed by atoms with Crippen LogP contribution >= 0.6 is 15.9 Å². The van der Waals surface area contributed by atoms with Crippen LogP contribution in [0.4, 0.5) is 5.82 Å². The van der Waals surface area contributed by atoms with Crippen LogP contribution in [0, 0.1) is 6.92 Å². The highest BCUT2D eigenvalue weighted by atomic mass is 79.9. The highest BCUT2D eigenvalue weighted by Gasteiger charge is 2.29. The second-order valence-electron chi connectivity index (χ2n) is 4.81. The first-order valence-corrected chi connectivity index (χ1v) is 7.16. The van der Waals surface area contributed by atoms with Gasteiger partial charge in [-0.1, -0.05) is 0 Å². The van der Waals surface area contributed by atoms with Crippen LogP contribution in [0.5, 0.6) is 0 Å². The van der Waals surface area contributed by atoms with Crippen molar-refractivity contribution < 1.29 is 0 Å². The molecule has 2 heterocycles. The Balaban J connectivity index is 2.16. The first-order valence-electron chi connectivity index (χ1n) is 6.37. The lowest BCUT2D eigenvalue weighted by Gasteiger charge is -2.11. The average Bonchev–Trinajstić information content (AvgIpc) is 3.24. The van der Waals surface area contributed by atoms with Crippen LogP contribution in [0.1, 0.15) is 30.0 Å². The summed E-state index contributed by atoms with van der Waals surface area (Å²) < 4.78 is 0.993. The molecule has 2 aromatic rings. The summed E-state index contributed by atoms with van der Waals surface area (Å²) in [6.07, 6.45) is 6.06. The normalized spacial score (nSPS) is 14.5. The predicted molar refractivity (Wildman–Crippen MR) is 79.2 cm³/mol. The molecule has 0 atom stereocenters. The van der Waals surface area contributed by atoms with E-state index >= 15 is 0 Å². The van der Waals surface area contributed by atoms with Crippen molar-refractivity contribution in [3.8, 4) is 11.4 Å². The lowest BCUT2D eigenvalue weighted by molar-refractivity contribution is 0.978. The van der Waals surface area contributed by atoms with Crippen LogP contribution in [0.3, 0.4) is 0 Å². The molecule has 0 aliphatic heterocycles. The number of aromatic nitrogens is 3. The maximum Gasteiger partial charge on any atom is 0.162 e. The summed E-state index contributed by atoms with van der Waals surface area (Å²) in [5.41, 5.74) is 3.25. The van der Waals surface area contributed by atoms with E-state index in [4.69, 9.17) is 4.98 Å². The Labute approximate surface area is 120 Å². The van der Waals surface area contributed by atoms with Gasteiger partial charge in [-0.05, 0) is 47.3 Å². The second-order valence-corrected chi connectivity index (χ2v) is 5.60. The van der Waals surface area contributed by atoms with Gasteiger partial charge in [0, 0.05) is 30.9 Å². The van der Waals surface area contributed by atoms with E-state index < -0.39 is 0 Å². The number of halogens is 1. The summed E-state index contributed by atoms with van der Waals surface area (Å²) in [7, 11) is 1.88. The third kappa shape index (κ3) is 2.34. The van der Waals surface area contributed by atoms with Gasteiger partial charge in [-0.2, -0.15) is 0 Å². The summed E-state index contributed by atoms with van der Waals surface area (Å²) in [4.78, 5) is 13.5. The summed E-state index contributed by atoms with van der Waals surface area (Å²) in [5.74, 6) is 2.20. The third-order valence-corrected chi connectivity index (χ3v) is 4.12. The quantitative estimate of drug-likeness (QED) is 0.940. The summed E-state index contributed by atoms with van der Waals surface area (Å²) in [5, 5.41) is 3.13. The minimum Gasteiger partial charge on any atom is -0.372 e. The molecule has 0 saturated heterocycles. The molecule has 5 heteroatoms. The van der Waals surface area contributed by atoms with Crippen LogP contribution in [-0.2, 0) is 0 Å². The zero-order valence-corrected chi connectivity index (χ0v) is 12.5. The van der Waals surface area contributed by atoms with E-state index in [2.05, 4.69) is 31.2 Å². The molecule has 1 fully saturated rings. The average molecular weight is 319 g/mol. The number of anilines is 1. The van der Waals surface area contributed by atoms with Crippen LogP contribution in [0.25, 0.3) is 11.4 Å². The Morgan fingerprint density at radius 2 is 2.11 bits per heavy atom. The minimum atomic E-state index is 0.574. The number of nitrogens with one attached hydrogen (secondary N) is 1. The SMILES string of the molecule is CNc1nc(-c2ccncc2C)nc(C2CC2)c1Br. The molecule has 0 spiro atoms. The lowest BCUT2D eigenvalue weighted by atomic mass is 10.1. The second kappa shape index (κ2) is 4.89. The molecule has 1 aliphatic carbocycles. The molecular weight excluding hydrogens is 304 g/mol. The molecule has 4 nitrogen and oxygen atoms in total. The first-order chi connectivity index (χ1) is 9.20. The molecule has 2 aromatic heterocycles. The van der Waals surface area contributed by atoms with E-state index in [1.165, 1.54) is 12.8 Å². The maximum absolute atomic E-state index is 4.75. The van der Waals surface area contributed by atoms with Crippen molar-refractivity contribution in [1.82, 2.24) is 15.0 Å². The van der Waals surface area contributed by atoms with Gasteiger partial charge >= 0.3 is 0 Å². The molecule has 0 bridgehead atoms. The van der Waals surface area contributed by atoms with Crippen LogP contribution < -0.4 is 5.32 Å². The van der Waals surface area contributed by atoms with Crippen molar-refractivity contribution >= 4 is 21.7 Å². The van der Waals surface area contributed by atoms with E-state index in [-0.39, 0.29) is 0 Å². The molecule has 3 rings (SSSR count). The van der Waals surface area contributed by atoms with Crippen molar-refractivity contribution in [1.29, 1.82) is 0 Å². The molecule has 0 unspecified atom stereocenters. The molecule has 0 amide bonds. The van der Waals surface area contributed by atoms with Crippen molar-refractivity contribution in [2.45, 2.75) is 25.7 Å². The number of hydrogen-bond acceptors (Lipinski definition) is 4. The fourth-order valence-corrected chi connectivity index (χ4v) is 2.80. The number of hydrogen-bond donors (Lipinski definition) is 1. The summed E-state index contributed by atoms with van der Waals surface area (Å²) in [6.45, 7) is 2.03. The Morgan fingerprint density at radius 1 is 1.32 bits per heavy atom. The van der Waals surface area contributed by atoms with Crippen LogP contribution in [0.2, 0.25) is 0 Å². The summed E-state index contributed by atoms with van der Waals surface area (Å²) in [6, 6.07) is 1.97. The van der Waals surface area contributed by atoms with Gasteiger partial charge in [0.1, 0.15) is 5.82 Å². The van der Waals surface area contributed by atoms with E-state index in [0.717, 1.165) is 32.9 Å². The highest BCUT2D eigenvalue weighted by molar-refractivity contribution is 9.10. The number of nitrogens with zero attached hydrogens (tertiary/aromatic N) is 3. The minimum absolute atomic E-state index is 0.574. The molecule has 1 N–H and O–H groups in total. The maximum atomic E-state index is 4.75. The van der Waals surface area contributed by atoms with Crippen molar-refractivity contribution in [3.63, 3.8) is 0 Å². The smallest absolute Gasteiger partial charge is 0.162 e. The topological polar surface area (TPSA) is 50.7 Å². The molecule has 98 valence electrons. The number of aryl methyl sites for hydroxylation is 1. The monoisotopic (exact) mass is 318 g/mol. The van der Waals surface area contributed by atoms with Gasteiger partial charge in [-0.25, -0.2) is 9.97 Å². The van der Waals surface area contributed by atoms with E-state index in [1.807, 2.05) is 26.2 Å². The van der Waals surface area contributed by atoms with Gasteiger partial charge in [0.25, 0.3) is 0 Å². The Kier molecular flexibility index (Phi) is 3.22. The largest absolute Gasteiger partial charge is 0.372 e. The van der Waals surface area contributed by atoms with Crippen LogP contribution in [-0.4, -0.2) is 22.0 Å². The van der Waals surface area contributed by atoms with Gasteiger partial charge < -0.3 is 5.32 Å². The zero-order chi connectivity index (χ0) is 13.4. The molecule has 0 aromatic carbocycles. The predicted octanol–water partition coefficient (Wildman–Crippen LogP) is 3.53. The van der Waals surface area contributed by atoms with Gasteiger partial charge in [-0.3, -0.25) is 4.98 Å². The Morgan fingerprint density at radius 3 is 2.74 bits per heavy atom. The molecule has 1 aliphatic rings. The Bertz CT molecular complexity index is 623. The third-order valence-electron chi connectivity index (χ3n) is 3.34. The van der Waals surface area contributed by atoms with Crippen molar-refractivity contribution in [2.75, 3.05) is 12.4 Å². The standard InChI is InChI=1S/C14H15BrN4/c1-8-7-17-6-5-10(8)13-18-12(9-3-4-9)11(15)14(16-2)19-13/h5-7,9H,3-4H2,1-2H3,(H,16,18,19). The van der Waals surface area contributed by atoms with Crippen molar-refractivity contribution in [3.05, 3.63) is 34.2 Å². The van der Waals surface area contributed by atoms with Crippen molar-refractivity contribution in [2.24, 2.45) is 0 Å². The molecule has 19 heavy (non-hydrogen) atoms. The number of rotatable bonds is 3. The van der Waals surface area contributed by atoms with Crippen LogP contribution in [0.15, 0.2) is 22.9 Å². The molecule has 0 radical (unpaired) electrons. The lowest BCUT2D eigenvalue weighted by Crippen LogP contribution is -2.03. The summed E-state index contributed by atoms with van der Waals surface area (Å²) >= 11 is 3.61. The van der Waals surface area contributed by atoms with E-state index in [0.29, 0.717) is 5.92 Å². The Hall–Kier alpha value is -1.49. The molecule has 1 saturated carbocycles. The van der Waals surface area contributed by atoms with E-state index in [9.17, 15) is 0 Å². The van der Waals surface area contributed by atoms with E-state index in [1.54, 1.807) is 6.20 Å². The number of pyridine rings is 1. The fourth-order valence-electron chi connectivity index (χ4n) is 2.10. The first kappa shape index (κ1) is 12.5. The van der Waals surface area contributed by atoms with Gasteiger partial charge in [0.15, 0.2) is 5.82 Å². The highest BCUT2D eigenvalue weighted by Crippen LogP contribution is 2.44. The van der Waals surface area contributed by atoms with Gasteiger partial charge in [0.05, 0.1) is 10.2 Å². The zero-order valence-electron chi connectivity index (χ0n) is 10.9. The molecular formula is C14H15BrN4. The van der Waals surface area contributed by atoms with Gasteiger partial charge in [0.2, 0.25) is 0 Å².